The van der Waals surface area contributed by atoms with Crippen LogP contribution in [0.25, 0.3) is 10.9 Å². The third kappa shape index (κ3) is 2.71. The van der Waals surface area contributed by atoms with Gasteiger partial charge in [0.2, 0.25) is 11.8 Å². The Bertz CT molecular complexity index is 880. The van der Waals surface area contributed by atoms with Crippen LogP contribution in [0.2, 0.25) is 0 Å². The Morgan fingerprint density at radius 3 is 2.95 bits per heavy atom. The van der Waals surface area contributed by atoms with Crippen LogP contribution in [-0.2, 0) is 6.54 Å². The van der Waals surface area contributed by atoms with Gasteiger partial charge in [-0.15, -0.1) is 0 Å². The van der Waals surface area contributed by atoms with Gasteiger partial charge in [-0.1, -0.05) is 12.1 Å². The number of benzene rings is 1. The molecular weight excluding hydrogens is 289 g/mol. The van der Waals surface area contributed by atoms with Crippen LogP contribution in [0.4, 0.5) is 10.3 Å². The summed E-state index contributed by atoms with van der Waals surface area (Å²) < 4.78 is 18.0. The lowest BCUT2D eigenvalue weighted by Gasteiger charge is -2.07. The molecule has 2 heterocycles. The molecule has 0 radical (unpaired) electrons. The van der Waals surface area contributed by atoms with Crippen molar-refractivity contribution >= 4 is 16.9 Å². The van der Waals surface area contributed by atoms with E-state index in [-0.39, 0.29) is 23.9 Å². The maximum absolute atomic E-state index is 13.2. The average Bonchev–Trinajstić information content (AvgIpc) is 2.54. The molecular formula is C14H12FN5O2. The molecule has 2 N–H and O–H groups in total. The standard InChI is InChI=1S/C14H12FN5O2/c1-22-13-9(15)6-16-14(20-13)17-7-11-18-10-5-3-2-4-8(10)12(21)19-11/h2-6H,7H2,1H3,(H,16,17,20)(H,18,19,21). The van der Waals surface area contributed by atoms with Gasteiger partial charge in [-0.3, -0.25) is 4.79 Å². The number of para-hydroxylation sites is 1. The summed E-state index contributed by atoms with van der Waals surface area (Å²) >= 11 is 0. The van der Waals surface area contributed by atoms with Gasteiger partial charge in [0.15, 0.2) is 0 Å². The van der Waals surface area contributed by atoms with Crippen LogP contribution in [0.5, 0.6) is 5.88 Å². The van der Waals surface area contributed by atoms with E-state index in [4.69, 9.17) is 4.74 Å². The Kier molecular flexibility index (Phi) is 3.65. The highest BCUT2D eigenvalue weighted by molar-refractivity contribution is 5.77. The number of nitrogens with zero attached hydrogens (tertiary/aromatic N) is 3. The van der Waals surface area contributed by atoms with Crippen LogP contribution in [-0.4, -0.2) is 27.0 Å². The number of H-pyrrole nitrogens is 1. The molecule has 22 heavy (non-hydrogen) atoms. The summed E-state index contributed by atoms with van der Waals surface area (Å²) in [5.41, 5.74) is 0.376. The van der Waals surface area contributed by atoms with E-state index in [1.54, 1.807) is 24.3 Å². The van der Waals surface area contributed by atoms with E-state index in [9.17, 15) is 9.18 Å². The second-order valence-electron chi connectivity index (χ2n) is 4.43. The van der Waals surface area contributed by atoms with Gasteiger partial charge in [0.1, 0.15) is 5.82 Å². The zero-order valence-electron chi connectivity index (χ0n) is 11.6. The largest absolute Gasteiger partial charge is 0.479 e. The number of methoxy groups -OCH3 is 1. The molecule has 7 nitrogen and oxygen atoms in total. The van der Waals surface area contributed by atoms with Crippen molar-refractivity contribution in [3.63, 3.8) is 0 Å². The average molecular weight is 301 g/mol. The smallest absolute Gasteiger partial charge is 0.258 e. The number of ether oxygens (including phenoxy) is 1. The molecule has 0 aliphatic carbocycles. The molecule has 3 rings (SSSR count). The number of anilines is 1. The Morgan fingerprint density at radius 2 is 2.14 bits per heavy atom. The first-order valence-corrected chi connectivity index (χ1v) is 6.45. The fraction of sp³-hybridized carbons (Fsp3) is 0.143. The van der Waals surface area contributed by atoms with E-state index in [0.717, 1.165) is 6.20 Å². The number of aromatic amines is 1. The molecule has 0 unspecified atom stereocenters. The van der Waals surface area contributed by atoms with Gasteiger partial charge in [0.05, 0.1) is 30.8 Å². The first-order valence-electron chi connectivity index (χ1n) is 6.45. The lowest BCUT2D eigenvalue weighted by molar-refractivity contribution is 0.367. The van der Waals surface area contributed by atoms with Crippen molar-refractivity contribution in [2.45, 2.75) is 6.54 Å². The van der Waals surface area contributed by atoms with E-state index in [2.05, 4.69) is 25.3 Å². The van der Waals surface area contributed by atoms with E-state index < -0.39 is 5.82 Å². The second-order valence-corrected chi connectivity index (χ2v) is 4.43. The number of aromatic nitrogens is 4. The molecule has 0 fully saturated rings. The van der Waals surface area contributed by atoms with Crippen molar-refractivity contribution in [2.24, 2.45) is 0 Å². The first-order chi connectivity index (χ1) is 10.7. The summed E-state index contributed by atoms with van der Waals surface area (Å²) in [6.45, 7) is 0.189. The normalized spacial score (nSPS) is 10.6. The summed E-state index contributed by atoms with van der Waals surface area (Å²) in [7, 11) is 1.32. The quantitative estimate of drug-likeness (QED) is 0.758. The van der Waals surface area contributed by atoms with Gasteiger partial charge in [-0.05, 0) is 12.1 Å². The van der Waals surface area contributed by atoms with Crippen molar-refractivity contribution in [1.29, 1.82) is 0 Å². The minimum atomic E-state index is -0.648. The van der Waals surface area contributed by atoms with Crippen LogP contribution in [0.3, 0.4) is 0 Å². The zero-order valence-corrected chi connectivity index (χ0v) is 11.6. The predicted molar refractivity (Wildman–Crippen MR) is 78.2 cm³/mol. The molecule has 0 spiro atoms. The Labute approximate surface area is 124 Å². The van der Waals surface area contributed by atoms with E-state index in [1.165, 1.54) is 7.11 Å². The van der Waals surface area contributed by atoms with Gasteiger partial charge >= 0.3 is 0 Å². The maximum Gasteiger partial charge on any atom is 0.258 e. The third-order valence-corrected chi connectivity index (χ3v) is 2.98. The lowest BCUT2D eigenvalue weighted by Crippen LogP contribution is -2.15. The van der Waals surface area contributed by atoms with Gasteiger partial charge in [0.25, 0.3) is 11.4 Å². The van der Waals surface area contributed by atoms with Crippen LogP contribution in [0.15, 0.2) is 35.3 Å². The number of halogens is 1. The van der Waals surface area contributed by atoms with Crippen LogP contribution in [0, 0.1) is 5.82 Å². The van der Waals surface area contributed by atoms with Gasteiger partial charge in [0, 0.05) is 0 Å². The zero-order chi connectivity index (χ0) is 15.5. The Hall–Kier alpha value is -3.03. The summed E-state index contributed by atoms with van der Waals surface area (Å²) in [6.07, 6.45) is 1.00. The number of hydrogen-bond donors (Lipinski definition) is 2. The van der Waals surface area contributed by atoms with Gasteiger partial charge < -0.3 is 15.0 Å². The van der Waals surface area contributed by atoms with E-state index in [1.807, 2.05) is 0 Å². The van der Waals surface area contributed by atoms with Crippen molar-refractivity contribution in [3.05, 3.63) is 52.5 Å². The first kappa shape index (κ1) is 13.9. The molecule has 1 aromatic carbocycles. The number of nitrogens with one attached hydrogen (secondary N) is 2. The number of rotatable bonds is 4. The number of hydrogen-bond acceptors (Lipinski definition) is 6. The molecule has 8 heteroatoms. The van der Waals surface area contributed by atoms with Gasteiger partial charge in [-0.2, -0.15) is 9.37 Å². The molecule has 0 saturated heterocycles. The fourth-order valence-corrected chi connectivity index (χ4v) is 1.96. The summed E-state index contributed by atoms with van der Waals surface area (Å²) in [5, 5.41) is 3.37. The van der Waals surface area contributed by atoms with Crippen molar-refractivity contribution in [1.82, 2.24) is 19.9 Å². The van der Waals surface area contributed by atoms with Gasteiger partial charge in [-0.25, -0.2) is 9.97 Å². The topological polar surface area (TPSA) is 92.8 Å². The number of fused-ring (bicyclic) bond motifs is 1. The monoisotopic (exact) mass is 301 g/mol. The Morgan fingerprint density at radius 1 is 1.32 bits per heavy atom. The maximum atomic E-state index is 13.2. The molecule has 0 aliphatic heterocycles. The summed E-state index contributed by atoms with van der Waals surface area (Å²) in [6, 6.07) is 7.04. The highest BCUT2D eigenvalue weighted by Crippen LogP contribution is 2.14. The van der Waals surface area contributed by atoms with Crippen LogP contribution >= 0.6 is 0 Å². The summed E-state index contributed by atoms with van der Waals surface area (Å²) in [5.74, 6) is -0.201. The summed E-state index contributed by atoms with van der Waals surface area (Å²) in [4.78, 5) is 26.6. The third-order valence-electron chi connectivity index (χ3n) is 2.98. The minimum Gasteiger partial charge on any atom is -0.479 e. The van der Waals surface area contributed by atoms with Crippen molar-refractivity contribution < 1.29 is 9.13 Å². The second kappa shape index (κ2) is 5.76. The lowest BCUT2D eigenvalue weighted by atomic mass is 10.2. The molecule has 0 bridgehead atoms. The molecule has 0 atom stereocenters. The molecule has 0 amide bonds. The van der Waals surface area contributed by atoms with Crippen molar-refractivity contribution in [3.8, 4) is 5.88 Å². The van der Waals surface area contributed by atoms with E-state index >= 15 is 0 Å². The molecule has 2 aromatic heterocycles. The highest BCUT2D eigenvalue weighted by atomic mass is 19.1. The fourth-order valence-electron chi connectivity index (χ4n) is 1.96. The Balaban J connectivity index is 1.83. The minimum absolute atomic E-state index is 0.155. The molecule has 0 saturated carbocycles. The molecule has 0 aliphatic rings. The van der Waals surface area contributed by atoms with Crippen LogP contribution in [0.1, 0.15) is 5.82 Å². The molecule has 3 aromatic rings. The molecule has 112 valence electrons. The van der Waals surface area contributed by atoms with E-state index in [0.29, 0.717) is 16.7 Å². The highest BCUT2D eigenvalue weighted by Gasteiger charge is 2.08. The van der Waals surface area contributed by atoms with Crippen molar-refractivity contribution in [2.75, 3.05) is 12.4 Å². The SMILES string of the molecule is COc1nc(NCc2nc3ccccc3c(=O)[nH]2)ncc1F. The van der Waals surface area contributed by atoms with Crippen LogP contribution < -0.4 is 15.6 Å². The predicted octanol–water partition coefficient (Wildman–Crippen LogP) is 1.47.